The van der Waals surface area contributed by atoms with Gasteiger partial charge in [0.05, 0.1) is 11.0 Å². The van der Waals surface area contributed by atoms with E-state index in [-0.39, 0.29) is 30.3 Å². The van der Waals surface area contributed by atoms with Crippen LogP contribution in [0.25, 0.3) is 0 Å². The molecular weight excluding hydrogens is 308 g/mol. The second-order valence-electron chi connectivity index (χ2n) is 6.14. The highest BCUT2D eigenvalue weighted by molar-refractivity contribution is 7.92. The Kier molecular flexibility index (Phi) is 4.63. The van der Waals surface area contributed by atoms with E-state index in [9.17, 15) is 13.2 Å². The van der Waals surface area contributed by atoms with E-state index in [0.29, 0.717) is 6.54 Å². The van der Waals surface area contributed by atoms with Crippen LogP contribution in [0.2, 0.25) is 0 Å². The number of carbonyl (C=O) groups is 1. The molecule has 1 aliphatic rings. The van der Waals surface area contributed by atoms with Crippen molar-refractivity contribution in [3.8, 4) is 0 Å². The Morgan fingerprint density at radius 2 is 2.24 bits per heavy atom. The van der Waals surface area contributed by atoms with E-state index in [1.54, 1.807) is 23.2 Å². The van der Waals surface area contributed by atoms with E-state index >= 15 is 0 Å². The lowest BCUT2D eigenvalue weighted by Gasteiger charge is -2.32. The highest BCUT2D eigenvalue weighted by atomic mass is 32.2. The summed E-state index contributed by atoms with van der Waals surface area (Å²) in [7, 11) is -3.03. The molecule has 5 nitrogen and oxygen atoms in total. The van der Waals surface area contributed by atoms with Gasteiger partial charge in [0.2, 0.25) is 0 Å². The zero-order valence-electron chi connectivity index (χ0n) is 12.6. The number of sulfone groups is 1. The van der Waals surface area contributed by atoms with Crippen molar-refractivity contribution in [2.45, 2.75) is 31.4 Å². The maximum atomic E-state index is 12.2. The predicted molar refractivity (Wildman–Crippen MR) is 85.6 cm³/mol. The van der Waals surface area contributed by atoms with Crippen molar-refractivity contribution in [3.05, 3.63) is 22.4 Å². The highest BCUT2D eigenvalue weighted by Gasteiger charge is 2.32. The minimum Gasteiger partial charge on any atom is -0.337 e. The molecule has 0 saturated carbocycles. The van der Waals surface area contributed by atoms with Crippen molar-refractivity contribution in [1.82, 2.24) is 10.2 Å². The van der Waals surface area contributed by atoms with Gasteiger partial charge in [0, 0.05) is 29.9 Å². The second-order valence-corrected chi connectivity index (χ2v) is 9.63. The maximum absolute atomic E-state index is 12.2. The maximum Gasteiger partial charge on any atom is 0.317 e. The van der Waals surface area contributed by atoms with Gasteiger partial charge < -0.3 is 10.2 Å². The molecule has 0 unspecified atom stereocenters. The Morgan fingerprint density at radius 1 is 1.52 bits per heavy atom. The molecule has 0 bridgehead atoms. The van der Waals surface area contributed by atoms with Crippen LogP contribution < -0.4 is 5.32 Å². The van der Waals surface area contributed by atoms with Gasteiger partial charge in [-0.3, -0.25) is 0 Å². The third-order valence-corrected chi connectivity index (χ3v) is 7.26. The van der Waals surface area contributed by atoms with Gasteiger partial charge in [0.25, 0.3) is 0 Å². The largest absolute Gasteiger partial charge is 0.337 e. The normalized spacial score (nSPS) is 22.0. The van der Waals surface area contributed by atoms with E-state index in [1.165, 1.54) is 4.88 Å². The van der Waals surface area contributed by atoms with Crippen molar-refractivity contribution in [2.24, 2.45) is 0 Å². The summed E-state index contributed by atoms with van der Waals surface area (Å²) in [6.07, 6.45) is 0. The first-order valence-corrected chi connectivity index (χ1v) is 9.60. The first kappa shape index (κ1) is 16.3. The van der Waals surface area contributed by atoms with Crippen LogP contribution in [0.5, 0.6) is 0 Å². The molecule has 1 saturated heterocycles. The molecule has 2 amide bonds. The van der Waals surface area contributed by atoms with Crippen molar-refractivity contribution < 1.29 is 13.2 Å². The lowest BCUT2D eigenvalue weighted by atomic mass is 9.91. The number of hydrogen-bond acceptors (Lipinski definition) is 4. The minimum atomic E-state index is -3.03. The summed E-state index contributed by atoms with van der Waals surface area (Å²) in [6.45, 7) is 6.91. The topological polar surface area (TPSA) is 66.5 Å². The Morgan fingerprint density at radius 3 is 2.81 bits per heavy atom. The summed E-state index contributed by atoms with van der Waals surface area (Å²) in [5.74, 6) is 0.0515. The van der Waals surface area contributed by atoms with Gasteiger partial charge in [-0.15, -0.1) is 11.3 Å². The quantitative estimate of drug-likeness (QED) is 0.920. The monoisotopic (exact) mass is 330 g/mol. The van der Waals surface area contributed by atoms with Crippen LogP contribution in [0.3, 0.4) is 0 Å². The zero-order chi connectivity index (χ0) is 15.7. The molecule has 118 valence electrons. The van der Waals surface area contributed by atoms with Crippen molar-refractivity contribution in [2.75, 3.05) is 25.4 Å². The molecule has 21 heavy (non-hydrogen) atoms. The molecule has 0 radical (unpaired) electrons. The van der Waals surface area contributed by atoms with Gasteiger partial charge in [0.1, 0.15) is 0 Å². The Bertz CT molecular complexity index is 594. The van der Waals surface area contributed by atoms with Gasteiger partial charge in [-0.2, -0.15) is 0 Å². The number of thiophene rings is 1. The highest BCUT2D eigenvalue weighted by Crippen LogP contribution is 2.26. The number of rotatable bonds is 3. The molecule has 1 atom stereocenters. The van der Waals surface area contributed by atoms with Crippen LogP contribution in [0.15, 0.2) is 17.5 Å². The van der Waals surface area contributed by atoms with E-state index < -0.39 is 15.1 Å². The first-order chi connectivity index (χ1) is 9.72. The lowest BCUT2D eigenvalue weighted by Crippen LogP contribution is -2.52. The first-order valence-electron chi connectivity index (χ1n) is 7.01. The van der Waals surface area contributed by atoms with E-state index in [2.05, 4.69) is 25.2 Å². The molecule has 1 aromatic rings. The molecule has 2 rings (SSSR count). The summed E-state index contributed by atoms with van der Waals surface area (Å²) in [5.41, 5.74) is -0.128. The third kappa shape index (κ3) is 3.77. The second kappa shape index (κ2) is 5.96. The van der Waals surface area contributed by atoms with Crippen LogP contribution in [0.4, 0.5) is 4.79 Å². The smallest absolute Gasteiger partial charge is 0.317 e. The summed E-state index contributed by atoms with van der Waals surface area (Å²) in [5, 5.41) is 4.47. The lowest BCUT2D eigenvalue weighted by molar-refractivity contribution is 0.196. The molecule has 1 aliphatic heterocycles. The average molecular weight is 330 g/mol. The Labute approximate surface area is 130 Å². The minimum absolute atomic E-state index is 0.0515. The summed E-state index contributed by atoms with van der Waals surface area (Å²) in [4.78, 5) is 15.0. The summed E-state index contributed by atoms with van der Waals surface area (Å²) in [6, 6.07) is 3.88. The van der Waals surface area contributed by atoms with Crippen LogP contribution >= 0.6 is 11.3 Å². The third-order valence-electron chi connectivity index (χ3n) is 3.89. The van der Waals surface area contributed by atoms with Gasteiger partial charge >= 0.3 is 6.03 Å². The number of nitrogens with zero attached hydrogens (tertiary/aromatic N) is 1. The summed E-state index contributed by atoms with van der Waals surface area (Å²) >= 11 is 1.67. The van der Waals surface area contributed by atoms with Crippen LogP contribution in [-0.2, 0) is 15.3 Å². The molecule has 1 fully saturated rings. The van der Waals surface area contributed by atoms with Crippen LogP contribution in [-0.4, -0.2) is 50.0 Å². The molecule has 7 heteroatoms. The molecule has 0 aliphatic carbocycles. The van der Waals surface area contributed by atoms with Gasteiger partial charge in [-0.25, -0.2) is 13.2 Å². The number of nitrogens with one attached hydrogen (secondary N) is 1. The fourth-order valence-electron chi connectivity index (χ4n) is 2.30. The molecule has 0 spiro atoms. The number of urea groups is 1. The number of amides is 2. The van der Waals surface area contributed by atoms with Crippen LogP contribution in [0.1, 0.15) is 25.6 Å². The van der Waals surface area contributed by atoms with Gasteiger partial charge in [-0.05, 0) is 18.4 Å². The molecule has 1 aromatic heterocycles. The number of carbonyl (C=O) groups excluding carboxylic acids is 1. The molecule has 0 aromatic carbocycles. The van der Waals surface area contributed by atoms with Gasteiger partial charge in [0.15, 0.2) is 9.84 Å². The van der Waals surface area contributed by atoms with Crippen LogP contribution in [0, 0.1) is 0 Å². The van der Waals surface area contributed by atoms with Gasteiger partial charge in [-0.1, -0.05) is 19.9 Å². The Hall–Kier alpha value is -1.08. The molecule has 2 heterocycles. The number of hydrogen-bond donors (Lipinski definition) is 1. The summed E-state index contributed by atoms with van der Waals surface area (Å²) < 4.78 is 23.3. The molecular formula is C14H22N2O3S2. The standard InChI is InChI=1S/C14H22N2O3S2/c1-11-9-16(6-8-21(11,18)19)13(17)15-10-14(2,3)12-5-4-7-20-12/h4-5,7,11H,6,8-10H2,1-3H3,(H,15,17)/t11-/m0/s1. The molecule has 1 N–H and O–H groups in total. The Balaban J connectivity index is 1.91. The van der Waals surface area contributed by atoms with E-state index in [4.69, 9.17) is 0 Å². The fourth-order valence-corrected chi connectivity index (χ4v) is 4.43. The fraction of sp³-hybridized carbons (Fsp3) is 0.643. The van der Waals surface area contributed by atoms with Crippen molar-refractivity contribution >= 4 is 27.2 Å². The van der Waals surface area contributed by atoms with Crippen molar-refractivity contribution in [3.63, 3.8) is 0 Å². The SMILES string of the molecule is C[C@H]1CN(C(=O)NCC(C)(C)c2cccs2)CCS1(=O)=O. The average Bonchev–Trinajstić information content (AvgIpc) is 2.94. The van der Waals surface area contributed by atoms with Crippen molar-refractivity contribution in [1.29, 1.82) is 0 Å². The zero-order valence-corrected chi connectivity index (χ0v) is 14.3. The van der Waals surface area contributed by atoms with E-state index in [1.807, 2.05) is 11.4 Å². The predicted octanol–water partition coefficient (Wildman–Crippen LogP) is 1.85. The van der Waals surface area contributed by atoms with E-state index in [0.717, 1.165) is 0 Å².